The highest BCUT2D eigenvalue weighted by Crippen LogP contribution is 2.32. The Hall–Kier alpha value is -2.99. The number of imidazole rings is 1. The number of benzene rings is 1. The van der Waals surface area contributed by atoms with Crippen LogP contribution in [0.15, 0.2) is 61.3 Å². The summed E-state index contributed by atoms with van der Waals surface area (Å²) in [5.41, 5.74) is 3.84. The van der Waals surface area contributed by atoms with Gasteiger partial charge in [0.15, 0.2) is 5.65 Å². The molecule has 4 heterocycles. The normalized spacial score (nSPS) is 11.5. The quantitative estimate of drug-likeness (QED) is 0.491. The molecular weight excluding hydrogens is 318 g/mol. The molecule has 0 radical (unpaired) electrons. The zero-order valence-corrected chi connectivity index (χ0v) is 13.7. The molecule has 5 rings (SSSR count). The van der Waals surface area contributed by atoms with E-state index >= 15 is 0 Å². The molecular formula is C18H13N5S. The van der Waals surface area contributed by atoms with Gasteiger partial charge in [0.1, 0.15) is 0 Å². The Morgan fingerprint density at radius 1 is 1.00 bits per heavy atom. The van der Waals surface area contributed by atoms with Gasteiger partial charge in [-0.15, -0.1) is 11.3 Å². The second-order valence-corrected chi connectivity index (χ2v) is 6.78. The molecule has 0 spiro atoms. The van der Waals surface area contributed by atoms with Crippen LogP contribution >= 0.6 is 11.3 Å². The third-order valence-electron chi connectivity index (χ3n) is 4.07. The maximum atomic E-state index is 4.59. The van der Waals surface area contributed by atoms with Crippen molar-refractivity contribution in [3.63, 3.8) is 0 Å². The molecule has 1 aromatic carbocycles. The molecule has 0 saturated carbocycles. The van der Waals surface area contributed by atoms with Crippen molar-refractivity contribution >= 4 is 27.1 Å². The highest BCUT2D eigenvalue weighted by atomic mass is 32.1. The van der Waals surface area contributed by atoms with Gasteiger partial charge in [-0.2, -0.15) is 5.10 Å². The van der Waals surface area contributed by atoms with Crippen molar-refractivity contribution in [1.29, 1.82) is 0 Å². The number of hydrogen-bond acceptors (Lipinski definition) is 4. The van der Waals surface area contributed by atoms with Gasteiger partial charge in [0.05, 0.1) is 34.9 Å². The molecule has 5 nitrogen and oxygen atoms in total. The van der Waals surface area contributed by atoms with Crippen LogP contribution in [0.3, 0.4) is 0 Å². The van der Waals surface area contributed by atoms with Crippen LogP contribution in [0.2, 0.25) is 0 Å². The molecule has 0 saturated heterocycles. The first-order chi connectivity index (χ1) is 11.8. The monoisotopic (exact) mass is 331 g/mol. The molecule has 0 unspecified atom stereocenters. The summed E-state index contributed by atoms with van der Waals surface area (Å²) in [6.45, 7) is 0. The number of aryl methyl sites for hydroxylation is 1. The Balaban J connectivity index is 1.69. The predicted octanol–water partition coefficient (Wildman–Crippen LogP) is 4.01. The lowest BCUT2D eigenvalue weighted by atomic mass is 10.2. The van der Waals surface area contributed by atoms with Crippen molar-refractivity contribution in [3.8, 4) is 21.8 Å². The summed E-state index contributed by atoms with van der Waals surface area (Å²) >= 11 is 1.75. The first-order valence-corrected chi connectivity index (χ1v) is 8.41. The fourth-order valence-corrected chi connectivity index (χ4v) is 3.92. The summed E-state index contributed by atoms with van der Waals surface area (Å²) in [7, 11) is 1.91. The lowest BCUT2D eigenvalue weighted by Gasteiger charge is -2.01. The summed E-state index contributed by atoms with van der Waals surface area (Å²) < 4.78 is 5.14. The second-order valence-electron chi connectivity index (χ2n) is 5.70. The molecule has 5 aromatic rings. The van der Waals surface area contributed by atoms with Crippen molar-refractivity contribution in [3.05, 3.63) is 61.3 Å². The van der Waals surface area contributed by atoms with Gasteiger partial charge in [-0.1, -0.05) is 18.2 Å². The van der Waals surface area contributed by atoms with Crippen LogP contribution in [-0.2, 0) is 7.05 Å². The van der Waals surface area contributed by atoms with Gasteiger partial charge in [-0.25, -0.2) is 9.97 Å². The van der Waals surface area contributed by atoms with Gasteiger partial charge >= 0.3 is 0 Å². The molecule has 0 amide bonds. The largest absolute Gasteiger partial charge is 0.296 e. The molecule has 0 fully saturated rings. The Bertz CT molecular complexity index is 1150. The van der Waals surface area contributed by atoms with Gasteiger partial charge in [-0.3, -0.25) is 9.08 Å². The molecule has 0 bridgehead atoms. The maximum absolute atomic E-state index is 4.59. The van der Waals surface area contributed by atoms with Crippen LogP contribution in [0.1, 0.15) is 0 Å². The first kappa shape index (κ1) is 13.4. The highest BCUT2D eigenvalue weighted by Gasteiger charge is 2.11. The lowest BCUT2D eigenvalue weighted by molar-refractivity contribution is 0.768. The van der Waals surface area contributed by atoms with Crippen LogP contribution in [0.4, 0.5) is 0 Å². The molecule has 0 aliphatic carbocycles. The zero-order valence-electron chi connectivity index (χ0n) is 12.9. The van der Waals surface area contributed by atoms with E-state index in [0.29, 0.717) is 0 Å². The van der Waals surface area contributed by atoms with Gasteiger partial charge in [-0.05, 0) is 17.5 Å². The van der Waals surface area contributed by atoms with E-state index in [2.05, 4.69) is 56.0 Å². The van der Waals surface area contributed by atoms with Gasteiger partial charge in [0, 0.05) is 29.7 Å². The van der Waals surface area contributed by atoms with Crippen LogP contribution in [0, 0.1) is 0 Å². The van der Waals surface area contributed by atoms with Crippen molar-refractivity contribution in [1.82, 2.24) is 24.1 Å². The summed E-state index contributed by atoms with van der Waals surface area (Å²) in [4.78, 5) is 10.2. The molecule has 6 heteroatoms. The van der Waals surface area contributed by atoms with E-state index in [-0.39, 0.29) is 0 Å². The van der Waals surface area contributed by atoms with E-state index in [1.165, 1.54) is 10.1 Å². The van der Waals surface area contributed by atoms with Crippen LogP contribution in [0.5, 0.6) is 0 Å². The number of rotatable bonds is 2. The van der Waals surface area contributed by atoms with E-state index in [0.717, 1.165) is 27.5 Å². The Morgan fingerprint density at radius 3 is 2.75 bits per heavy atom. The number of hydrogen-bond donors (Lipinski definition) is 0. The minimum Gasteiger partial charge on any atom is -0.296 e. The van der Waals surface area contributed by atoms with Gasteiger partial charge < -0.3 is 0 Å². The summed E-state index contributed by atoms with van der Waals surface area (Å²) in [6.07, 6.45) is 9.57. The number of fused-ring (bicyclic) bond motifs is 2. The van der Waals surface area contributed by atoms with Crippen LogP contribution < -0.4 is 0 Å². The molecule has 0 atom stereocenters. The maximum Gasteiger partial charge on any atom is 0.155 e. The molecule has 24 heavy (non-hydrogen) atoms. The smallest absolute Gasteiger partial charge is 0.155 e. The van der Waals surface area contributed by atoms with Crippen molar-refractivity contribution in [2.24, 2.45) is 7.05 Å². The molecule has 116 valence electrons. The fraction of sp³-hybridized carbons (Fsp3) is 0.0556. The number of aromatic nitrogens is 5. The zero-order chi connectivity index (χ0) is 16.1. The second kappa shape index (κ2) is 5.01. The van der Waals surface area contributed by atoms with Crippen molar-refractivity contribution < 1.29 is 0 Å². The van der Waals surface area contributed by atoms with E-state index in [1.54, 1.807) is 16.0 Å². The number of nitrogens with zero attached hydrogens (tertiary/aromatic N) is 5. The van der Waals surface area contributed by atoms with Crippen LogP contribution in [-0.4, -0.2) is 24.1 Å². The fourth-order valence-electron chi connectivity index (χ4n) is 2.89. The van der Waals surface area contributed by atoms with E-state index in [1.807, 2.05) is 31.8 Å². The third kappa shape index (κ3) is 2.04. The van der Waals surface area contributed by atoms with E-state index in [4.69, 9.17) is 0 Å². The molecule has 0 aliphatic rings. The standard InChI is InChI=1S/C18H13N5S/c1-22-10-13(7-21-22)15-8-20-18-9-19-14(11-23(15)18)17-6-12-4-2-3-5-16(12)24-17/h2-11H,1H3. The van der Waals surface area contributed by atoms with Crippen molar-refractivity contribution in [2.45, 2.75) is 0 Å². The third-order valence-corrected chi connectivity index (χ3v) is 5.21. The highest BCUT2D eigenvalue weighted by molar-refractivity contribution is 7.22. The van der Waals surface area contributed by atoms with E-state index < -0.39 is 0 Å². The first-order valence-electron chi connectivity index (χ1n) is 7.59. The minimum absolute atomic E-state index is 0.832. The summed E-state index contributed by atoms with van der Waals surface area (Å²) in [5.74, 6) is 0. The number of thiophene rings is 1. The Morgan fingerprint density at radius 2 is 1.92 bits per heavy atom. The van der Waals surface area contributed by atoms with Gasteiger partial charge in [0.2, 0.25) is 0 Å². The Kier molecular flexibility index (Phi) is 2.80. The molecule has 4 aromatic heterocycles. The predicted molar refractivity (Wildman–Crippen MR) is 96.0 cm³/mol. The SMILES string of the molecule is Cn1cc(-c2cnc3cnc(-c4cc5ccccc5s4)cn23)cn1. The summed E-state index contributed by atoms with van der Waals surface area (Å²) in [5, 5.41) is 5.50. The molecule has 0 aliphatic heterocycles. The topological polar surface area (TPSA) is 48.0 Å². The van der Waals surface area contributed by atoms with E-state index in [9.17, 15) is 0 Å². The average Bonchev–Trinajstić information content (AvgIpc) is 3.30. The minimum atomic E-state index is 0.832. The van der Waals surface area contributed by atoms with Crippen molar-refractivity contribution in [2.75, 3.05) is 0 Å². The Labute approximate surface area is 141 Å². The summed E-state index contributed by atoms with van der Waals surface area (Å²) in [6, 6.07) is 10.6. The molecule has 0 N–H and O–H groups in total. The lowest BCUT2D eigenvalue weighted by Crippen LogP contribution is -1.91. The van der Waals surface area contributed by atoms with Gasteiger partial charge in [0.25, 0.3) is 0 Å². The average molecular weight is 331 g/mol. The van der Waals surface area contributed by atoms with Crippen LogP contribution in [0.25, 0.3) is 37.6 Å².